The number of hydrogen-bond acceptors (Lipinski definition) is 2. The number of halogens is 2. The molecule has 0 unspecified atom stereocenters. The Bertz CT molecular complexity index is 787. The Balaban J connectivity index is 1.97. The summed E-state index contributed by atoms with van der Waals surface area (Å²) in [5.41, 5.74) is 1.00. The van der Waals surface area contributed by atoms with Crippen LogP contribution in [-0.4, -0.2) is 39.5 Å². The zero-order valence-electron chi connectivity index (χ0n) is 12.5. The summed E-state index contributed by atoms with van der Waals surface area (Å²) < 4.78 is 0. The molecule has 0 bridgehead atoms. The lowest BCUT2D eigenvalue weighted by Gasteiger charge is -2.37. The molecule has 0 radical (unpaired) electrons. The minimum absolute atomic E-state index is 0.277. The van der Waals surface area contributed by atoms with E-state index in [-0.39, 0.29) is 17.6 Å². The second kappa shape index (κ2) is 6.06. The van der Waals surface area contributed by atoms with E-state index >= 15 is 0 Å². The zero-order valence-corrected chi connectivity index (χ0v) is 14.0. The Kier molecular flexibility index (Phi) is 4.25. The Labute approximate surface area is 143 Å². The SMILES string of the molecule is C[C@@H]1[C@H](C(=O)O)CCCN1C(=O)c1[nH]c2ccc(Cl)cc2c1Cl. The summed E-state index contributed by atoms with van der Waals surface area (Å²) in [7, 11) is 0. The molecule has 1 aromatic carbocycles. The molecule has 1 amide bonds. The van der Waals surface area contributed by atoms with Crippen LogP contribution in [0.1, 0.15) is 30.3 Å². The number of rotatable bonds is 2. The summed E-state index contributed by atoms with van der Waals surface area (Å²) in [6.45, 7) is 2.29. The number of aromatic nitrogens is 1. The Morgan fingerprint density at radius 3 is 2.78 bits per heavy atom. The molecule has 1 saturated heterocycles. The normalized spacial score (nSPS) is 21.6. The molecule has 2 aromatic rings. The average Bonchev–Trinajstić information content (AvgIpc) is 2.83. The molecule has 0 aliphatic carbocycles. The van der Waals surface area contributed by atoms with Crippen molar-refractivity contribution in [3.8, 4) is 0 Å². The molecule has 1 aromatic heterocycles. The van der Waals surface area contributed by atoms with Crippen LogP contribution in [-0.2, 0) is 4.79 Å². The van der Waals surface area contributed by atoms with Crippen LogP contribution in [0.5, 0.6) is 0 Å². The van der Waals surface area contributed by atoms with Gasteiger partial charge in [-0.3, -0.25) is 9.59 Å². The molecule has 7 heteroatoms. The number of amides is 1. The van der Waals surface area contributed by atoms with Crippen molar-refractivity contribution >= 4 is 46.0 Å². The number of aromatic amines is 1. The van der Waals surface area contributed by atoms with Gasteiger partial charge >= 0.3 is 5.97 Å². The molecule has 5 nitrogen and oxygen atoms in total. The number of nitrogens with one attached hydrogen (secondary N) is 1. The highest BCUT2D eigenvalue weighted by Gasteiger charge is 2.36. The van der Waals surface area contributed by atoms with Crippen LogP contribution in [0.2, 0.25) is 10.0 Å². The number of carbonyl (C=O) groups is 2. The molecule has 2 heterocycles. The van der Waals surface area contributed by atoms with Crippen molar-refractivity contribution in [2.45, 2.75) is 25.8 Å². The van der Waals surface area contributed by atoms with E-state index in [1.165, 1.54) is 0 Å². The third-order valence-electron chi connectivity index (χ3n) is 4.48. The molecule has 1 aliphatic heterocycles. The van der Waals surface area contributed by atoms with E-state index < -0.39 is 11.9 Å². The summed E-state index contributed by atoms with van der Waals surface area (Å²) >= 11 is 12.3. The number of aliphatic carboxylic acids is 1. The van der Waals surface area contributed by atoms with E-state index in [4.69, 9.17) is 23.2 Å². The van der Waals surface area contributed by atoms with Gasteiger partial charge in [0.1, 0.15) is 5.69 Å². The predicted molar refractivity (Wildman–Crippen MR) is 89.2 cm³/mol. The minimum atomic E-state index is -0.871. The molecule has 0 spiro atoms. The maximum absolute atomic E-state index is 12.8. The van der Waals surface area contributed by atoms with Gasteiger partial charge in [-0.05, 0) is 38.0 Å². The van der Waals surface area contributed by atoms with Gasteiger partial charge in [-0.1, -0.05) is 23.2 Å². The van der Waals surface area contributed by atoms with Crippen LogP contribution in [0.15, 0.2) is 18.2 Å². The van der Waals surface area contributed by atoms with E-state index in [1.807, 2.05) is 0 Å². The van der Waals surface area contributed by atoms with Gasteiger partial charge in [0.25, 0.3) is 5.91 Å². The Hall–Kier alpha value is -1.72. The maximum atomic E-state index is 12.8. The number of piperidine rings is 1. The smallest absolute Gasteiger partial charge is 0.308 e. The lowest BCUT2D eigenvalue weighted by Crippen LogP contribution is -2.49. The van der Waals surface area contributed by atoms with Gasteiger partial charge in [-0.25, -0.2) is 0 Å². The highest BCUT2D eigenvalue weighted by Crippen LogP contribution is 2.32. The third kappa shape index (κ3) is 2.79. The molecule has 122 valence electrons. The van der Waals surface area contributed by atoms with E-state index in [0.717, 1.165) is 5.52 Å². The summed E-state index contributed by atoms with van der Waals surface area (Å²) in [4.78, 5) is 28.8. The number of H-pyrrole nitrogens is 1. The van der Waals surface area contributed by atoms with Gasteiger partial charge in [0, 0.05) is 28.5 Å². The topological polar surface area (TPSA) is 73.4 Å². The van der Waals surface area contributed by atoms with Gasteiger partial charge in [0.2, 0.25) is 0 Å². The summed E-state index contributed by atoms with van der Waals surface area (Å²) in [6, 6.07) is 4.81. The van der Waals surface area contributed by atoms with Crippen LogP contribution >= 0.6 is 23.2 Å². The molecule has 1 fully saturated rings. The number of carboxylic acids is 1. The molecule has 2 N–H and O–H groups in total. The van der Waals surface area contributed by atoms with Crippen LogP contribution in [0.3, 0.4) is 0 Å². The first-order chi connectivity index (χ1) is 10.9. The third-order valence-corrected chi connectivity index (χ3v) is 5.10. The van der Waals surface area contributed by atoms with Gasteiger partial charge in [0.05, 0.1) is 10.9 Å². The Morgan fingerprint density at radius 1 is 1.35 bits per heavy atom. The van der Waals surface area contributed by atoms with Gasteiger partial charge in [-0.15, -0.1) is 0 Å². The molecule has 2 atom stereocenters. The number of fused-ring (bicyclic) bond motifs is 1. The molecule has 23 heavy (non-hydrogen) atoms. The Morgan fingerprint density at radius 2 is 2.09 bits per heavy atom. The first kappa shape index (κ1) is 16.1. The maximum Gasteiger partial charge on any atom is 0.308 e. The van der Waals surface area contributed by atoms with Crippen LogP contribution < -0.4 is 0 Å². The van der Waals surface area contributed by atoms with Gasteiger partial charge in [0.15, 0.2) is 0 Å². The van der Waals surface area contributed by atoms with E-state index in [9.17, 15) is 14.7 Å². The second-order valence-corrected chi connectivity index (χ2v) is 6.64. The molecular weight excluding hydrogens is 339 g/mol. The monoisotopic (exact) mass is 354 g/mol. The number of carboxylic acid groups (broad SMARTS) is 1. The minimum Gasteiger partial charge on any atom is -0.481 e. The standard InChI is InChI=1S/C16H16Cl2N2O3/c1-8-10(16(22)23)3-2-6-20(8)15(21)14-13(18)11-7-9(17)4-5-12(11)19-14/h4-5,7-8,10,19H,2-3,6H2,1H3,(H,22,23)/t8-,10-/m1/s1. The number of hydrogen-bond donors (Lipinski definition) is 2. The zero-order chi connectivity index (χ0) is 16.7. The summed E-state index contributed by atoms with van der Waals surface area (Å²) in [6.07, 6.45) is 1.24. The summed E-state index contributed by atoms with van der Waals surface area (Å²) in [5, 5.41) is 10.8. The molecule has 3 rings (SSSR count). The highest BCUT2D eigenvalue weighted by atomic mass is 35.5. The number of carbonyl (C=O) groups excluding carboxylic acids is 1. The lowest BCUT2D eigenvalue weighted by molar-refractivity contribution is -0.144. The lowest BCUT2D eigenvalue weighted by atomic mass is 9.90. The highest BCUT2D eigenvalue weighted by molar-refractivity contribution is 6.39. The number of likely N-dealkylation sites (tertiary alicyclic amines) is 1. The average molecular weight is 355 g/mol. The molecule has 0 saturated carbocycles. The number of nitrogens with zero attached hydrogens (tertiary/aromatic N) is 1. The van der Waals surface area contributed by atoms with E-state index in [0.29, 0.717) is 34.8 Å². The van der Waals surface area contributed by atoms with Crippen LogP contribution in [0.25, 0.3) is 10.9 Å². The van der Waals surface area contributed by atoms with Crippen molar-refractivity contribution in [3.63, 3.8) is 0 Å². The van der Waals surface area contributed by atoms with E-state index in [1.54, 1.807) is 30.0 Å². The van der Waals surface area contributed by atoms with E-state index in [2.05, 4.69) is 4.98 Å². The van der Waals surface area contributed by atoms with Crippen molar-refractivity contribution in [3.05, 3.63) is 33.9 Å². The second-order valence-electron chi connectivity index (χ2n) is 5.83. The van der Waals surface area contributed by atoms with Gasteiger partial charge < -0.3 is 15.0 Å². The fourth-order valence-electron chi connectivity index (χ4n) is 3.18. The fraction of sp³-hybridized carbons (Fsp3) is 0.375. The first-order valence-corrected chi connectivity index (χ1v) is 8.16. The van der Waals surface area contributed by atoms with Crippen molar-refractivity contribution < 1.29 is 14.7 Å². The van der Waals surface area contributed by atoms with Crippen molar-refractivity contribution in [2.24, 2.45) is 5.92 Å². The predicted octanol–water partition coefficient (Wildman–Crippen LogP) is 3.80. The van der Waals surface area contributed by atoms with Crippen molar-refractivity contribution in [2.75, 3.05) is 6.54 Å². The van der Waals surface area contributed by atoms with Crippen LogP contribution in [0, 0.1) is 5.92 Å². The fourth-order valence-corrected chi connectivity index (χ4v) is 3.64. The largest absolute Gasteiger partial charge is 0.481 e. The molecular formula is C16H16Cl2N2O3. The van der Waals surface area contributed by atoms with Gasteiger partial charge in [-0.2, -0.15) is 0 Å². The molecule has 1 aliphatic rings. The van der Waals surface area contributed by atoms with Crippen LogP contribution in [0.4, 0.5) is 0 Å². The summed E-state index contributed by atoms with van der Waals surface area (Å²) in [5.74, 6) is -1.70. The van der Waals surface area contributed by atoms with Crippen molar-refractivity contribution in [1.82, 2.24) is 9.88 Å². The first-order valence-electron chi connectivity index (χ1n) is 7.40. The van der Waals surface area contributed by atoms with Crippen molar-refractivity contribution in [1.29, 1.82) is 0 Å². The number of benzene rings is 1. The quantitative estimate of drug-likeness (QED) is 0.861.